The van der Waals surface area contributed by atoms with Crippen LogP contribution in [0.3, 0.4) is 0 Å². The summed E-state index contributed by atoms with van der Waals surface area (Å²) < 4.78 is 0. The number of nitriles is 1. The molecule has 0 aromatic heterocycles. The first-order valence-electron chi connectivity index (χ1n) is 8.14. The molecule has 1 aromatic carbocycles. The molecule has 6 heteroatoms. The van der Waals surface area contributed by atoms with Gasteiger partial charge >= 0.3 is 0 Å². The maximum absolute atomic E-state index is 12.3. The van der Waals surface area contributed by atoms with Gasteiger partial charge in [0.2, 0.25) is 0 Å². The highest BCUT2D eigenvalue weighted by atomic mass is 35.5. The molecule has 130 valence electrons. The lowest BCUT2D eigenvalue weighted by Gasteiger charge is -2.20. The van der Waals surface area contributed by atoms with Crippen LogP contribution in [0.2, 0.25) is 10.0 Å². The highest BCUT2D eigenvalue weighted by Crippen LogP contribution is 2.25. The van der Waals surface area contributed by atoms with Gasteiger partial charge in [-0.1, -0.05) is 49.9 Å². The van der Waals surface area contributed by atoms with Crippen LogP contribution in [0.25, 0.3) is 0 Å². The van der Waals surface area contributed by atoms with Gasteiger partial charge in [-0.25, -0.2) is 0 Å². The molecular weight excluding hydrogens is 345 g/mol. The quantitative estimate of drug-likeness (QED) is 0.479. The lowest BCUT2D eigenvalue weighted by Crippen LogP contribution is -2.23. The van der Waals surface area contributed by atoms with Crippen molar-refractivity contribution in [3.8, 4) is 6.07 Å². The molecule has 0 radical (unpaired) electrons. The Hall–Kier alpha value is -1.70. The Labute approximate surface area is 154 Å². The highest BCUT2D eigenvalue weighted by Gasteiger charge is 2.12. The second-order valence-electron chi connectivity index (χ2n) is 5.48. The van der Waals surface area contributed by atoms with Crippen molar-refractivity contribution in [1.82, 2.24) is 4.90 Å². The summed E-state index contributed by atoms with van der Waals surface area (Å²) in [7, 11) is 0. The standard InChI is InChI=1S/C18H23Cl2N3O/c1-3-5-9-23(10-6-4-2)13-14(12-21)18(24)22-15-7-8-16(19)17(20)11-15/h7-8,11,13H,3-6,9-10H2,1-2H3,(H,22,24)/b14-13-. The highest BCUT2D eigenvalue weighted by molar-refractivity contribution is 6.42. The third kappa shape index (κ3) is 6.82. The van der Waals surface area contributed by atoms with Crippen LogP contribution in [0, 0.1) is 11.3 Å². The predicted molar refractivity (Wildman–Crippen MR) is 100 cm³/mol. The average Bonchev–Trinajstić information content (AvgIpc) is 2.57. The molecular formula is C18H23Cl2N3O. The second-order valence-corrected chi connectivity index (χ2v) is 6.30. The molecule has 0 bridgehead atoms. The molecule has 0 aliphatic rings. The third-order valence-electron chi connectivity index (χ3n) is 3.45. The van der Waals surface area contributed by atoms with Crippen molar-refractivity contribution < 1.29 is 4.79 Å². The van der Waals surface area contributed by atoms with Crippen LogP contribution >= 0.6 is 23.2 Å². The molecule has 1 N–H and O–H groups in total. The fraction of sp³-hybridized carbons (Fsp3) is 0.444. The number of carbonyl (C=O) groups excluding carboxylic acids is 1. The first kappa shape index (κ1) is 20.3. The second kappa shape index (κ2) is 11.0. The molecule has 0 saturated heterocycles. The van der Waals surface area contributed by atoms with E-state index in [4.69, 9.17) is 23.2 Å². The number of nitrogens with one attached hydrogen (secondary N) is 1. The van der Waals surface area contributed by atoms with E-state index in [1.54, 1.807) is 24.4 Å². The largest absolute Gasteiger partial charge is 0.376 e. The number of carbonyl (C=O) groups is 1. The summed E-state index contributed by atoms with van der Waals surface area (Å²) in [4.78, 5) is 14.4. The number of hydrogen-bond acceptors (Lipinski definition) is 3. The summed E-state index contributed by atoms with van der Waals surface area (Å²) >= 11 is 11.8. The molecule has 0 spiro atoms. The van der Waals surface area contributed by atoms with Crippen LogP contribution in [-0.2, 0) is 4.79 Å². The van der Waals surface area contributed by atoms with Gasteiger partial charge in [0.05, 0.1) is 10.0 Å². The Balaban J connectivity index is 2.85. The lowest BCUT2D eigenvalue weighted by atomic mass is 10.2. The number of unbranched alkanes of at least 4 members (excludes halogenated alkanes) is 2. The molecule has 1 amide bonds. The van der Waals surface area contributed by atoms with Gasteiger partial charge in [0.1, 0.15) is 11.6 Å². The lowest BCUT2D eigenvalue weighted by molar-refractivity contribution is -0.112. The van der Waals surface area contributed by atoms with Crippen LogP contribution in [-0.4, -0.2) is 23.9 Å². The van der Waals surface area contributed by atoms with Gasteiger partial charge < -0.3 is 10.2 Å². The van der Waals surface area contributed by atoms with E-state index in [1.165, 1.54) is 0 Å². The summed E-state index contributed by atoms with van der Waals surface area (Å²) in [5.74, 6) is -0.450. The minimum atomic E-state index is -0.450. The molecule has 1 aromatic rings. The van der Waals surface area contributed by atoms with Crippen LogP contribution in [0.5, 0.6) is 0 Å². The summed E-state index contributed by atoms with van der Waals surface area (Å²) in [6, 6.07) is 6.79. The van der Waals surface area contributed by atoms with E-state index in [0.29, 0.717) is 15.7 Å². The number of anilines is 1. The molecule has 0 aliphatic heterocycles. The van der Waals surface area contributed by atoms with Gasteiger partial charge in [-0.3, -0.25) is 4.79 Å². The molecule has 0 heterocycles. The van der Waals surface area contributed by atoms with E-state index in [9.17, 15) is 10.1 Å². The van der Waals surface area contributed by atoms with Gasteiger partial charge in [0.25, 0.3) is 5.91 Å². The van der Waals surface area contributed by atoms with Crippen molar-refractivity contribution in [3.63, 3.8) is 0 Å². The smallest absolute Gasteiger partial charge is 0.267 e. The van der Waals surface area contributed by atoms with Gasteiger partial charge in [-0.2, -0.15) is 5.26 Å². The number of rotatable bonds is 9. The van der Waals surface area contributed by atoms with E-state index in [0.717, 1.165) is 38.8 Å². The maximum Gasteiger partial charge on any atom is 0.267 e. The third-order valence-corrected chi connectivity index (χ3v) is 4.19. The fourth-order valence-corrected chi connectivity index (χ4v) is 2.35. The van der Waals surface area contributed by atoms with Crippen molar-refractivity contribution in [1.29, 1.82) is 5.26 Å². The van der Waals surface area contributed by atoms with Crippen molar-refractivity contribution in [3.05, 3.63) is 40.0 Å². The number of halogens is 2. The number of amides is 1. The molecule has 0 unspecified atom stereocenters. The molecule has 0 fully saturated rings. The van der Waals surface area contributed by atoms with Gasteiger partial charge in [-0.05, 0) is 31.0 Å². The maximum atomic E-state index is 12.3. The van der Waals surface area contributed by atoms with Crippen molar-refractivity contribution >= 4 is 34.8 Å². The minimum absolute atomic E-state index is 0.0771. The van der Waals surface area contributed by atoms with Crippen LogP contribution in [0.1, 0.15) is 39.5 Å². The Morgan fingerprint density at radius 3 is 2.33 bits per heavy atom. The zero-order chi connectivity index (χ0) is 17.9. The monoisotopic (exact) mass is 367 g/mol. The topological polar surface area (TPSA) is 56.1 Å². The normalized spacial score (nSPS) is 11.0. The van der Waals surface area contributed by atoms with Crippen LogP contribution in [0.15, 0.2) is 30.0 Å². The van der Waals surface area contributed by atoms with Crippen LogP contribution < -0.4 is 5.32 Å². The Morgan fingerprint density at radius 2 is 1.83 bits per heavy atom. The summed E-state index contributed by atoms with van der Waals surface area (Å²) in [5.41, 5.74) is 0.581. The predicted octanol–water partition coefficient (Wildman–Crippen LogP) is 5.24. The number of hydrogen-bond donors (Lipinski definition) is 1. The van der Waals surface area contributed by atoms with E-state index in [1.807, 2.05) is 11.0 Å². The summed E-state index contributed by atoms with van der Waals surface area (Å²) in [6.07, 6.45) is 5.82. The Kier molecular flexibility index (Phi) is 9.29. The molecule has 0 atom stereocenters. The average molecular weight is 368 g/mol. The molecule has 4 nitrogen and oxygen atoms in total. The van der Waals surface area contributed by atoms with Gasteiger partial charge in [0.15, 0.2) is 0 Å². The van der Waals surface area contributed by atoms with Gasteiger partial charge in [0, 0.05) is 25.0 Å². The van der Waals surface area contributed by atoms with Crippen molar-refractivity contribution in [2.45, 2.75) is 39.5 Å². The molecule has 24 heavy (non-hydrogen) atoms. The van der Waals surface area contributed by atoms with E-state index >= 15 is 0 Å². The van der Waals surface area contributed by atoms with E-state index < -0.39 is 5.91 Å². The Bertz CT molecular complexity index is 615. The molecule has 0 saturated carbocycles. The summed E-state index contributed by atoms with van der Waals surface area (Å²) in [5, 5.41) is 12.8. The van der Waals surface area contributed by atoms with Crippen LogP contribution in [0.4, 0.5) is 5.69 Å². The number of nitrogens with zero attached hydrogens (tertiary/aromatic N) is 2. The molecule has 0 aliphatic carbocycles. The summed E-state index contributed by atoms with van der Waals surface area (Å²) in [6.45, 7) is 5.90. The minimum Gasteiger partial charge on any atom is -0.376 e. The fourth-order valence-electron chi connectivity index (χ4n) is 2.06. The molecule has 1 rings (SSSR count). The zero-order valence-electron chi connectivity index (χ0n) is 14.1. The Morgan fingerprint density at radius 1 is 1.21 bits per heavy atom. The SMILES string of the molecule is CCCCN(/C=C(/C#N)C(=O)Nc1ccc(Cl)c(Cl)c1)CCCC. The van der Waals surface area contributed by atoms with E-state index in [-0.39, 0.29) is 5.57 Å². The van der Waals surface area contributed by atoms with Crippen molar-refractivity contribution in [2.75, 3.05) is 18.4 Å². The first-order valence-corrected chi connectivity index (χ1v) is 8.89. The van der Waals surface area contributed by atoms with Gasteiger partial charge in [-0.15, -0.1) is 0 Å². The number of benzene rings is 1. The van der Waals surface area contributed by atoms with Crippen molar-refractivity contribution in [2.24, 2.45) is 0 Å². The first-order chi connectivity index (χ1) is 11.5. The zero-order valence-corrected chi connectivity index (χ0v) is 15.6. The van der Waals surface area contributed by atoms with E-state index in [2.05, 4.69) is 19.2 Å².